The highest BCUT2D eigenvalue weighted by molar-refractivity contribution is 7.10. The molecule has 0 bridgehead atoms. The maximum atomic E-state index is 3.78. The van der Waals surface area contributed by atoms with Gasteiger partial charge in [-0.05, 0) is 57.4 Å². The molecular formula is C16H28N2S. The first-order valence-corrected chi connectivity index (χ1v) is 8.44. The summed E-state index contributed by atoms with van der Waals surface area (Å²) in [5.41, 5.74) is 1.81. The Kier molecular flexibility index (Phi) is 5.04. The van der Waals surface area contributed by atoms with E-state index in [-0.39, 0.29) is 0 Å². The number of likely N-dealkylation sites (N-methyl/N-ethyl adjacent to an activating group) is 2. The van der Waals surface area contributed by atoms with Gasteiger partial charge in [-0.15, -0.1) is 11.3 Å². The Morgan fingerprint density at radius 1 is 1.32 bits per heavy atom. The standard InChI is InChI=1S/C16H28N2S/c1-5-17-15(14-9-12-19-13(14)2)16(18(3)4)10-7-6-8-11-16/h9,12,15,17H,5-8,10-11H2,1-4H3. The third kappa shape index (κ3) is 2.88. The Labute approximate surface area is 122 Å². The summed E-state index contributed by atoms with van der Waals surface area (Å²) in [6, 6.07) is 2.80. The van der Waals surface area contributed by atoms with Gasteiger partial charge in [0.25, 0.3) is 0 Å². The fourth-order valence-electron chi connectivity index (χ4n) is 3.65. The highest BCUT2D eigenvalue weighted by atomic mass is 32.1. The van der Waals surface area contributed by atoms with Crippen LogP contribution in [0.2, 0.25) is 0 Å². The van der Waals surface area contributed by atoms with E-state index in [1.165, 1.54) is 42.5 Å². The highest BCUT2D eigenvalue weighted by Crippen LogP contribution is 2.43. The average molecular weight is 280 g/mol. The maximum Gasteiger partial charge on any atom is 0.0517 e. The van der Waals surface area contributed by atoms with E-state index in [2.05, 4.69) is 49.6 Å². The predicted octanol–water partition coefficient (Wildman–Crippen LogP) is 3.97. The van der Waals surface area contributed by atoms with Crippen LogP contribution in [0.5, 0.6) is 0 Å². The molecule has 2 rings (SSSR count). The number of rotatable bonds is 5. The molecule has 0 radical (unpaired) electrons. The van der Waals surface area contributed by atoms with Gasteiger partial charge >= 0.3 is 0 Å². The molecule has 1 aliphatic rings. The van der Waals surface area contributed by atoms with Crippen LogP contribution in [0, 0.1) is 6.92 Å². The Balaban J connectivity index is 2.37. The summed E-state index contributed by atoms with van der Waals surface area (Å²) >= 11 is 1.87. The lowest BCUT2D eigenvalue weighted by Gasteiger charge is -2.49. The minimum atomic E-state index is 0.292. The van der Waals surface area contributed by atoms with Crippen molar-refractivity contribution in [3.8, 4) is 0 Å². The van der Waals surface area contributed by atoms with Crippen LogP contribution < -0.4 is 5.32 Å². The van der Waals surface area contributed by atoms with E-state index in [0.717, 1.165) is 6.54 Å². The second-order valence-corrected chi connectivity index (χ2v) is 7.10. The molecule has 108 valence electrons. The molecule has 0 spiro atoms. The first-order valence-electron chi connectivity index (χ1n) is 7.56. The molecule has 19 heavy (non-hydrogen) atoms. The van der Waals surface area contributed by atoms with Crippen molar-refractivity contribution in [2.75, 3.05) is 20.6 Å². The van der Waals surface area contributed by atoms with E-state index < -0.39 is 0 Å². The van der Waals surface area contributed by atoms with Crippen molar-refractivity contribution in [1.29, 1.82) is 0 Å². The molecule has 0 aliphatic heterocycles. The van der Waals surface area contributed by atoms with Crippen molar-refractivity contribution in [2.24, 2.45) is 0 Å². The van der Waals surface area contributed by atoms with Crippen LogP contribution in [0.4, 0.5) is 0 Å². The van der Waals surface area contributed by atoms with E-state index in [1.54, 1.807) is 0 Å². The van der Waals surface area contributed by atoms with Gasteiger partial charge in [-0.3, -0.25) is 0 Å². The second kappa shape index (κ2) is 6.38. The monoisotopic (exact) mass is 280 g/mol. The van der Waals surface area contributed by atoms with Gasteiger partial charge < -0.3 is 10.2 Å². The van der Waals surface area contributed by atoms with E-state index >= 15 is 0 Å². The van der Waals surface area contributed by atoms with Gasteiger partial charge in [-0.25, -0.2) is 0 Å². The molecule has 1 aliphatic carbocycles. The summed E-state index contributed by atoms with van der Waals surface area (Å²) in [6.45, 7) is 5.52. The van der Waals surface area contributed by atoms with Gasteiger partial charge in [0.15, 0.2) is 0 Å². The van der Waals surface area contributed by atoms with E-state index in [1.807, 2.05) is 11.3 Å². The average Bonchev–Trinajstić information content (AvgIpc) is 2.82. The molecule has 1 N–H and O–H groups in total. The molecule has 1 heterocycles. The van der Waals surface area contributed by atoms with Crippen molar-refractivity contribution in [3.05, 3.63) is 21.9 Å². The molecule has 0 saturated heterocycles. The number of hydrogen-bond acceptors (Lipinski definition) is 3. The quantitative estimate of drug-likeness (QED) is 0.878. The largest absolute Gasteiger partial charge is 0.309 e. The van der Waals surface area contributed by atoms with Crippen molar-refractivity contribution >= 4 is 11.3 Å². The van der Waals surface area contributed by atoms with E-state index in [9.17, 15) is 0 Å². The van der Waals surface area contributed by atoms with Gasteiger partial charge in [-0.1, -0.05) is 26.2 Å². The van der Waals surface area contributed by atoms with Crippen molar-refractivity contribution < 1.29 is 0 Å². The van der Waals surface area contributed by atoms with Crippen LogP contribution in [-0.4, -0.2) is 31.1 Å². The normalized spacial score (nSPS) is 20.7. The minimum Gasteiger partial charge on any atom is -0.309 e. The van der Waals surface area contributed by atoms with Crippen LogP contribution in [0.15, 0.2) is 11.4 Å². The van der Waals surface area contributed by atoms with E-state index in [4.69, 9.17) is 0 Å². The second-order valence-electron chi connectivity index (χ2n) is 5.98. The molecule has 1 unspecified atom stereocenters. The Bertz CT molecular complexity index is 391. The van der Waals surface area contributed by atoms with Crippen molar-refractivity contribution in [1.82, 2.24) is 10.2 Å². The van der Waals surface area contributed by atoms with Crippen LogP contribution in [-0.2, 0) is 0 Å². The third-order valence-corrected chi connectivity index (χ3v) is 5.63. The van der Waals surface area contributed by atoms with Crippen LogP contribution in [0.25, 0.3) is 0 Å². The molecule has 1 aromatic rings. The summed E-state index contributed by atoms with van der Waals surface area (Å²) in [7, 11) is 4.52. The molecule has 0 amide bonds. The van der Waals surface area contributed by atoms with Crippen molar-refractivity contribution in [3.63, 3.8) is 0 Å². The van der Waals surface area contributed by atoms with E-state index in [0.29, 0.717) is 11.6 Å². The molecular weight excluding hydrogens is 252 g/mol. The lowest BCUT2D eigenvalue weighted by Crippen LogP contribution is -2.55. The SMILES string of the molecule is CCNC(c1ccsc1C)C1(N(C)C)CCCCC1. The highest BCUT2D eigenvalue weighted by Gasteiger charge is 2.42. The van der Waals surface area contributed by atoms with Crippen molar-refractivity contribution in [2.45, 2.75) is 57.5 Å². The predicted molar refractivity (Wildman–Crippen MR) is 85.0 cm³/mol. The number of aryl methyl sites for hydroxylation is 1. The minimum absolute atomic E-state index is 0.292. The first kappa shape index (κ1) is 15.0. The number of nitrogens with one attached hydrogen (secondary N) is 1. The topological polar surface area (TPSA) is 15.3 Å². The fraction of sp³-hybridized carbons (Fsp3) is 0.750. The molecule has 1 atom stereocenters. The Morgan fingerprint density at radius 3 is 2.47 bits per heavy atom. The van der Waals surface area contributed by atoms with Gasteiger partial charge in [-0.2, -0.15) is 0 Å². The third-order valence-electron chi connectivity index (χ3n) is 4.77. The summed E-state index contributed by atoms with van der Waals surface area (Å²) < 4.78 is 0. The molecule has 1 saturated carbocycles. The molecule has 2 nitrogen and oxygen atoms in total. The fourth-order valence-corrected chi connectivity index (χ4v) is 4.39. The lowest BCUT2D eigenvalue weighted by atomic mass is 9.73. The van der Waals surface area contributed by atoms with Gasteiger partial charge in [0, 0.05) is 10.4 Å². The smallest absolute Gasteiger partial charge is 0.0517 e. The summed E-state index contributed by atoms with van der Waals surface area (Å²) in [6.07, 6.45) is 6.75. The van der Waals surface area contributed by atoms with Gasteiger partial charge in [0.05, 0.1) is 6.04 Å². The molecule has 0 aromatic carbocycles. The first-order chi connectivity index (χ1) is 9.12. The van der Waals surface area contributed by atoms with Crippen LogP contribution in [0.3, 0.4) is 0 Å². The zero-order chi connectivity index (χ0) is 13.9. The number of nitrogens with zero attached hydrogens (tertiary/aromatic N) is 1. The number of hydrogen-bond donors (Lipinski definition) is 1. The van der Waals surface area contributed by atoms with Gasteiger partial charge in [0.2, 0.25) is 0 Å². The zero-order valence-corrected chi connectivity index (χ0v) is 13.6. The Morgan fingerprint density at radius 2 is 2.00 bits per heavy atom. The molecule has 1 aromatic heterocycles. The van der Waals surface area contributed by atoms with Crippen LogP contribution in [0.1, 0.15) is 55.5 Å². The molecule has 3 heteroatoms. The van der Waals surface area contributed by atoms with Gasteiger partial charge in [0.1, 0.15) is 0 Å². The maximum absolute atomic E-state index is 3.78. The summed E-state index contributed by atoms with van der Waals surface area (Å²) in [5, 5.41) is 6.02. The summed E-state index contributed by atoms with van der Waals surface area (Å²) in [5.74, 6) is 0. The molecule has 1 fully saturated rings. The summed E-state index contributed by atoms with van der Waals surface area (Å²) in [4.78, 5) is 3.95. The zero-order valence-electron chi connectivity index (χ0n) is 12.8. The number of thiophene rings is 1. The Hall–Kier alpha value is -0.380. The lowest BCUT2D eigenvalue weighted by molar-refractivity contribution is 0.0570. The van der Waals surface area contributed by atoms with Crippen LogP contribution >= 0.6 is 11.3 Å².